The average Bonchev–Trinajstić information content (AvgIpc) is 3.35. The van der Waals surface area contributed by atoms with E-state index in [0.29, 0.717) is 27.4 Å². The first kappa shape index (κ1) is 18.1. The first-order valence-electron chi connectivity index (χ1n) is 9.71. The zero-order valence-electron chi connectivity index (χ0n) is 16.1. The quantitative estimate of drug-likeness (QED) is 0.423. The van der Waals surface area contributed by atoms with Gasteiger partial charge in [-0.25, -0.2) is 4.52 Å². The molecule has 10 nitrogen and oxygen atoms in total. The van der Waals surface area contributed by atoms with Gasteiger partial charge in [-0.3, -0.25) is 9.36 Å². The van der Waals surface area contributed by atoms with Crippen LogP contribution in [-0.2, 0) is 0 Å². The highest BCUT2D eigenvalue weighted by molar-refractivity contribution is 9.10. The lowest BCUT2D eigenvalue weighted by Crippen LogP contribution is -2.46. The lowest BCUT2D eigenvalue weighted by molar-refractivity contribution is 0.415. The third-order valence-corrected chi connectivity index (χ3v) is 6.15. The average molecular weight is 478 g/mol. The Morgan fingerprint density at radius 1 is 1.10 bits per heavy atom. The minimum atomic E-state index is -0.180. The van der Waals surface area contributed by atoms with E-state index in [1.807, 2.05) is 41.3 Å². The number of nitrogen functional groups attached to an aromatic ring is 1. The molecule has 154 valence electrons. The molecule has 0 spiro atoms. The molecule has 1 unspecified atom stereocenters. The lowest BCUT2D eigenvalue weighted by Gasteiger charge is -2.41. The van der Waals surface area contributed by atoms with Gasteiger partial charge in [-0.2, -0.15) is 24.7 Å². The predicted octanol–water partition coefficient (Wildman–Crippen LogP) is 2.22. The molecule has 11 heteroatoms. The molecule has 6 rings (SSSR count). The zero-order valence-corrected chi connectivity index (χ0v) is 17.7. The number of nitrogens with zero attached hydrogens (tertiary/aromatic N) is 8. The van der Waals surface area contributed by atoms with Gasteiger partial charge in [-0.05, 0) is 40.5 Å². The van der Waals surface area contributed by atoms with Crippen molar-refractivity contribution in [3.05, 3.63) is 75.5 Å². The van der Waals surface area contributed by atoms with Crippen LogP contribution in [0, 0.1) is 0 Å². The maximum atomic E-state index is 13.5. The molecular weight excluding hydrogens is 462 g/mol. The van der Waals surface area contributed by atoms with Crippen LogP contribution in [0.2, 0.25) is 0 Å². The summed E-state index contributed by atoms with van der Waals surface area (Å²) in [4.78, 5) is 24.2. The molecule has 1 saturated heterocycles. The molecule has 1 aliphatic heterocycles. The number of benzene rings is 1. The van der Waals surface area contributed by atoms with Gasteiger partial charge in [0.05, 0.1) is 22.4 Å². The summed E-state index contributed by atoms with van der Waals surface area (Å²) in [5, 5.41) is 9.16. The predicted molar refractivity (Wildman–Crippen MR) is 118 cm³/mol. The summed E-state index contributed by atoms with van der Waals surface area (Å²) in [6, 6.07) is 12.9. The zero-order chi connectivity index (χ0) is 21.1. The fraction of sp³-hybridized carbons (Fsp3) is 0.150. The van der Waals surface area contributed by atoms with E-state index < -0.39 is 0 Å². The van der Waals surface area contributed by atoms with Crippen LogP contribution in [0.5, 0.6) is 0 Å². The van der Waals surface area contributed by atoms with Crippen molar-refractivity contribution in [3.8, 4) is 5.69 Å². The molecular formula is C20H16BrN9O. The Morgan fingerprint density at radius 3 is 2.71 bits per heavy atom. The van der Waals surface area contributed by atoms with Crippen molar-refractivity contribution >= 4 is 39.0 Å². The van der Waals surface area contributed by atoms with Gasteiger partial charge in [0, 0.05) is 18.8 Å². The Morgan fingerprint density at radius 2 is 1.94 bits per heavy atom. The third kappa shape index (κ3) is 2.66. The van der Waals surface area contributed by atoms with Crippen LogP contribution in [-0.4, -0.2) is 40.3 Å². The second kappa shape index (κ2) is 6.64. The molecule has 0 bridgehead atoms. The lowest BCUT2D eigenvalue weighted by atomic mass is 10.0. The first-order valence-corrected chi connectivity index (χ1v) is 10.5. The molecule has 4 aromatic heterocycles. The first-order chi connectivity index (χ1) is 15.1. The van der Waals surface area contributed by atoms with Crippen LogP contribution in [0.15, 0.2) is 64.1 Å². The normalized spacial score (nSPS) is 16.2. The van der Waals surface area contributed by atoms with E-state index in [-0.39, 0.29) is 17.5 Å². The van der Waals surface area contributed by atoms with Crippen LogP contribution in [0.25, 0.3) is 16.9 Å². The molecule has 1 aromatic carbocycles. The van der Waals surface area contributed by atoms with E-state index in [1.54, 1.807) is 32.1 Å². The van der Waals surface area contributed by atoms with Gasteiger partial charge in [0.25, 0.3) is 5.56 Å². The van der Waals surface area contributed by atoms with Crippen molar-refractivity contribution in [2.75, 3.05) is 17.2 Å². The minimum absolute atomic E-state index is 0.147. The summed E-state index contributed by atoms with van der Waals surface area (Å²) in [7, 11) is 0. The minimum Gasteiger partial charge on any atom is -0.368 e. The monoisotopic (exact) mass is 477 g/mol. The van der Waals surface area contributed by atoms with Crippen LogP contribution in [0.3, 0.4) is 0 Å². The van der Waals surface area contributed by atoms with E-state index in [9.17, 15) is 4.79 Å². The number of rotatable bonds is 3. The van der Waals surface area contributed by atoms with E-state index in [2.05, 4.69) is 31.0 Å². The highest BCUT2D eigenvalue weighted by atomic mass is 79.9. The number of halogens is 1. The number of anilines is 2. The summed E-state index contributed by atoms with van der Waals surface area (Å²) in [5.41, 5.74) is 7.65. The molecule has 1 atom stereocenters. The van der Waals surface area contributed by atoms with Crippen molar-refractivity contribution in [2.24, 2.45) is 0 Å². The summed E-state index contributed by atoms with van der Waals surface area (Å²) in [5.74, 6) is 1.37. The van der Waals surface area contributed by atoms with E-state index in [1.165, 1.54) is 0 Å². The summed E-state index contributed by atoms with van der Waals surface area (Å²) in [6.45, 7) is 0.730. The maximum Gasteiger partial charge on any atom is 0.283 e. The largest absolute Gasteiger partial charge is 0.368 e. The number of hydrogen-bond donors (Lipinski definition) is 1. The van der Waals surface area contributed by atoms with Gasteiger partial charge in [0.2, 0.25) is 11.9 Å². The Labute approximate surface area is 183 Å². The highest BCUT2D eigenvalue weighted by Gasteiger charge is 2.37. The standard InChI is InChI=1S/C20H16BrN9O/c21-13-7-11-28-16(13)18(31)29(12-4-2-1-3-5-12)17(26-28)14-8-10-27(14)20-25-19(22)24-15-6-9-23-30(15)20/h1-7,9,11,14H,8,10H2,(H2,22,24). The summed E-state index contributed by atoms with van der Waals surface area (Å²) in [6.07, 6.45) is 4.24. The fourth-order valence-corrected chi connectivity index (χ4v) is 4.47. The van der Waals surface area contributed by atoms with Gasteiger partial charge in [-0.1, -0.05) is 18.2 Å². The van der Waals surface area contributed by atoms with Crippen LogP contribution >= 0.6 is 15.9 Å². The van der Waals surface area contributed by atoms with Gasteiger partial charge < -0.3 is 10.6 Å². The topological polar surface area (TPSA) is 112 Å². The Bertz CT molecular complexity index is 1500. The smallest absolute Gasteiger partial charge is 0.283 e. The molecule has 0 saturated carbocycles. The van der Waals surface area contributed by atoms with Gasteiger partial charge in [-0.15, -0.1) is 0 Å². The Hall–Kier alpha value is -3.73. The third-order valence-electron chi connectivity index (χ3n) is 5.51. The molecule has 2 N–H and O–H groups in total. The van der Waals surface area contributed by atoms with Crippen molar-refractivity contribution < 1.29 is 0 Å². The summed E-state index contributed by atoms with van der Waals surface area (Å²) < 4.78 is 5.64. The highest BCUT2D eigenvalue weighted by Crippen LogP contribution is 2.36. The Kier molecular flexibility index (Phi) is 3.87. The summed E-state index contributed by atoms with van der Waals surface area (Å²) >= 11 is 3.47. The van der Waals surface area contributed by atoms with Crippen LogP contribution in [0.1, 0.15) is 18.3 Å². The Balaban J connectivity index is 1.58. The second-order valence-electron chi connectivity index (χ2n) is 7.27. The number of aromatic nitrogens is 7. The molecule has 5 aromatic rings. The van der Waals surface area contributed by atoms with Crippen molar-refractivity contribution in [1.82, 2.24) is 33.8 Å². The molecule has 1 aliphatic rings. The molecule has 31 heavy (non-hydrogen) atoms. The van der Waals surface area contributed by atoms with E-state index >= 15 is 0 Å². The maximum absolute atomic E-state index is 13.5. The van der Waals surface area contributed by atoms with E-state index in [0.717, 1.165) is 18.7 Å². The van der Waals surface area contributed by atoms with E-state index in [4.69, 9.17) is 10.8 Å². The second-order valence-corrected chi connectivity index (χ2v) is 8.13. The SMILES string of the molecule is Nc1nc(N2CCC2c2nn3ccc(Br)c3c(=O)n2-c2ccccc2)n2nccc2n1. The van der Waals surface area contributed by atoms with Crippen molar-refractivity contribution in [2.45, 2.75) is 12.5 Å². The van der Waals surface area contributed by atoms with Gasteiger partial charge in [0.15, 0.2) is 11.5 Å². The number of nitrogens with two attached hydrogens (primary N) is 1. The van der Waals surface area contributed by atoms with Crippen molar-refractivity contribution in [3.63, 3.8) is 0 Å². The van der Waals surface area contributed by atoms with Gasteiger partial charge in [0.1, 0.15) is 5.52 Å². The van der Waals surface area contributed by atoms with Crippen LogP contribution < -0.4 is 16.2 Å². The molecule has 1 fully saturated rings. The molecule has 0 aliphatic carbocycles. The van der Waals surface area contributed by atoms with Gasteiger partial charge >= 0.3 is 0 Å². The number of para-hydroxylation sites is 1. The van der Waals surface area contributed by atoms with Crippen LogP contribution in [0.4, 0.5) is 11.9 Å². The number of hydrogen-bond acceptors (Lipinski definition) is 7. The molecule has 0 radical (unpaired) electrons. The molecule has 5 heterocycles. The number of fused-ring (bicyclic) bond motifs is 2. The van der Waals surface area contributed by atoms with Crippen molar-refractivity contribution in [1.29, 1.82) is 0 Å². The fourth-order valence-electron chi connectivity index (χ4n) is 4.00. The molecule has 0 amide bonds.